The SMILES string of the molecule is CCc1ccc(CNc2nc(Cl)c(C#N)s2)cc1. The van der Waals surface area contributed by atoms with Crippen molar-refractivity contribution in [1.29, 1.82) is 5.26 Å². The van der Waals surface area contributed by atoms with Crippen molar-refractivity contribution in [2.75, 3.05) is 5.32 Å². The molecule has 0 aliphatic heterocycles. The maximum absolute atomic E-state index is 8.78. The van der Waals surface area contributed by atoms with E-state index in [1.165, 1.54) is 22.5 Å². The molecule has 2 aromatic rings. The first kappa shape index (κ1) is 12.9. The van der Waals surface area contributed by atoms with Gasteiger partial charge in [0.1, 0.15) is 10.9 Å². The van der Waals surface area contributed by atoms with Crippen LogP contribution in [-0.2, 0) is 13.0 Å². The summed E-state index contributed by atoms with van der Waals surface area (Å²) in [6.07, 6.45) is 1.04. The number of hydrogen-bond acceptors (Lipinski definition) is 4. The number of nitrogens with one attached hydrogen (secondary N) is 1. The summed E-state index contributed by atoms with van der Waals surface area (Å²) in [5.41, 5.74) is 2.50. The van der Waals surface area contributed by atoms with Crippen LogP contribution in [0.2, 0.25) is 5.15 Å². The van der Waals surface area contributed by atoms with Gasteiger partial charge in [-0.3, -0.25) is 0 Å². The van der Waals surface area contributed by atoms with Crippen LogP contribution in [0.3, 0.4) is 0 Å². The van der Waals surface area contributed by atoms with E-state index in [0.29, 0.717) is 16.6 Å². The summed E-state index contributed by atoms with van der Waals surface area (Å²) in [4.78, 5) is 4.53. The number of halogens is 1. The van der Waals surface area contributed by atoms with E-state index >= 15 is 0 Å². The highest BCUT2D eigenvalue weighted by atomic mass is 35.5. The van der Waals surface area contributed by atoms with E-state index in [-0.39, 0.29) is 5.15 Å². The number of rotatable bonds is 4. The lowest BCUT2D eigenvalue weighted by Gasteiger charge is -2.03. The van der Waals surface area contributed by atoms with Crippen molar-refractivity contribution in [3.05, 3.63) is 45.4 Å². The first-order valence-electron chi connectivity index (χ1n) is 5.61. The minimum absolute atomic E-state index is 0.270. The van der Waals surface area contributed by atoms with Gasteiger partial charge in [-0.1, -0.05) is 54.1 Å². The van der Waals surface area contributed by atoms with E-state index in [0.717, 1.165) is 6.42 Å². The van der Waals surface area contributed by atoms with Crippen LogP contribution >= 0.6 is 22.9 Å². The Morgan fingerprint density at radius 3 is 2.56 bits per heavy atom. The smallest absolute Gasteiger partial charge is 0.185 e. The summed E-state index contributed by atoms with van der Waals surface area (Å²) < 4.78 is 0. The van der Waals surface area contributed by atoms with Crippen LogP contribution in [0.5, 0.6) is 0 Å². The van der Waals surface area contributed by atoms with Gasteiger partial charge in [-0.15, -0.1) is 0 Å². The molecule has 1 aromatic carbocycles. The van der Waals surface area contributed by atoms with Gasteiger partial charge in [-0.25, -0.2) is 4.98 Å². The maximum atomic E-state index is 8.78. The summed E-state index contributed by atoms with van der Waals surface area (Å²) in [5, 5.41) is 12.9. The second kappa shape index (κ2) is 5.85. The van der Waals surface area contributed by atoms with Crippen molar-refractivity contribution in [2.45, 2.75) is 19.9 Å². The molecule has 2 rings (SSSR count). The minimum atomic E-state index is 0.270. The van der Waals surface area contributed by atoms with Crippen molar-refractivity contribution < 1.29 is 0 Å². The fourth-order valence-electron chi connectivity index (χ4n) is 1.52. The number of aromatic nitrogens is 1. The van der Waals surface area contributed by atoms with Gasteiger partial charge in [0.15, 0.2) is 10.3 Å². The van der Waals surface area contributed by atoms with Gasteiger partial charge in [-0.2, -0.15) is 5.26 Å². The third-order valence-corrected chi connectivity index (χ3v) is 3.87. The molecule has 0 amide bonds. The van der Waals surface area contributed by atoms with Crippen LogP contribution in [-0.4, -0.2) is 4.98 Å². The Morgan fingerprint density at radius 1 is 1.33 bits per heavy atom. The van der Waals surface area contributed by atoms with Gasteiger partial charge >= 0.3 is 0 Å². The average Bonchev–Trinajstić information content (AvgIpc) is 2.77. The van der Waals surface area contributed by atoms with Gasteiger partial charge in [0.2, 0.25) is 0 Å². The Kier molecular flexibility index (Phi) is 4.19. The normalized spacial score (nSPS) is 10.1. The average molecular weight is 278 g/mol. The summed E-state index contributed by atoms with van der Waals surface area (Å²) in [6, 6.07) is 10.4. The molecule has 0 fully saturated rings. The summed E-state index contributed by atoms with van der Waals surface area (Å²) in [7, 11) is 0. The number of nitriles is 1. The number of benzene rings is 1. The highest BCUT2D eigenvalue weighted by molar-refractivity contribution is 7.16. The van der Waals surface area contributed by atoms with Gasteiger partial charge in [0.25, 0.3) is 0 Å². The molecule has 18 heavy (non-hydrogen) atoms. The van der Waals surface area contributed by atoms with Crippen LogP contribution in [0.4, 0.5) is 5.13 Å². The fourth-order valence-corrected chi connectivity index (χ4v) is 2.46. The first-order chi connectivity index (χ1) is 8.72. The molecule has 0 radical (unpaired) electrons. The van der Waals surface area contributed by atoms with E-state index in [4.69, 9.17) is 16.9 Å². The van der Waals surface area contributed by atoms with Crippen LogP contribution in [0.25, 0.3) is 0 Å². The Morgan fingerprint density at radius 2 is 2.00 bits per heavy atom. The summed E-state index contributed by atoms with van der Waals surface area (Å²) in [6.45, 7) is 2.81. The molecule has 92 valence electrons. The zero-order valence-corrected chi connectivity index (χ0v) is 11.5. The Labute approximate surface area is 115 Å². The van der Waals surface area contributed by atoms with Gasteiger partial charge in [0, 0.05) is 6.54 Å². The lowest BCUT2D eigenvalue weighted by Crippen LogP contribution is -1.98. The molecule has 3 nitrogen and oxygen atoms in total. The molecule has 0 bridgehead atoms. The maximum Gasteiger partial charge on any atom is 0.185 e. The number of aryl methyl sites for hydroxylation is 1. The minimum Gasteiger partial charge on any atom is -0.357 e. The molecule has 5 heteroatoms. The van der Waals surface area contributed by atoms with Crippen LogP contribution in [0, 0.1) is 11.3 Å². The fraction of sp³-hybridized carbons (Fsp3) is 0.231. The third-order valence-electron chi connectivity index (χ3n) is 2.56. The molecule has 0 atom stereocenters. The molecule has 0 spiro atoms. The van der Waals surface area contributed by atoms with Gasteiger partial charge < -0.3 is 5.32 Å². The van der Waals surface area contributed by atoms with Crippen molar-refractivity contribution in [3.63, 3.8) is 0 Å². The van der Waals surface area contributed by atoms with Crippen LogP contribution < -0.4 is 5.32 Å². The molecule has 0 aliphatic carbocycles. The van der Waals surface area contributed by atoms with Crippen molar-refractivity contribution in [1.82, 2.24) is 4.98 Å². The second-order valence-corrected chi connectivity index (χ2v) is 5.13. The number of nitrogens with zero attached hydrogens (tertiary/aromatic N) is 2. The molecule has 0 saturated carbocycles. The Hall–Kier alpha value is -1.57. The highest BCUT2D eigenvalue weighted by Crippen LogP contribution is 2.26. The monoisotopic (exact) mass is 277 g/mol. The van der Waals surface area contributed by atoms with E-state index in [1.54, 1.807) is 0 Å². The van der Waals surface area contributed by atoms with Crippen molar-refractivity contribution >= 4 is 28.1 Å². The number of anilines is 1. The van der Waals surface area contributed by atoms with Gasteiger partial charge in [0.05, 0.1) is 0 Å². The van der Waals surface area contributed by atoms with Crippen LogP contribution in [0.15, 0.2) is 24.3 Å². The Balaban J connectivity index is 2.00. The van der Waals surface area contributed by atoms with Crippen molar-refractivity contribution in [2.24, 2.45) is 0 Å². The van der Waals surface area contributed by atoms with E-state index in [2.05, 4.69) is 41.5 Å². The van der Waals surface area contributed by atoms with E-state index < -0.39 is 0 Å². The molecular formula is C13H12ClN3S. The lowest BCUT2D eigenvalue weighted by atomic mass is 10.1. The molecular weight excluding hydrogens is 266 g/mol. The summed E-state index contributed by atoms with van der Waals surface area (Å²) >= 11 is 7.07. The highest BCUT2D eigenvalue weighted by Gasteiger charge is 2.07. The molecule has 1 aromatic heterocycles. The second-order valence-electron chi connectivity index (χ2n) is 3.77. The first-order valence-corrected chi connectivity index (χ1v) is 6.80. The Bertz CT molecular complexity index is 569. The lowest BCUT2D eigenvalue weighted by molar-refractivity contribution is 1.10. The molecule has 0 unspecified atom stereocenters. The zero-order valence-electron chi connectivity index (χ0n) is 9.90. The standard InChI is InChI=1S/C13H12ClN3S/c1-2-9-3-5-10(6-4-9)8-16-13-17-12(14)11(7-15)18-13/h3-6H,2,8H2,1H3,(H,16,17). The summed E-state index contributed by atoms with van der Waals surface area (Å²) in [5.74, 6) is 0. The number of thiazole rings is 1. The third kappa shape index (κ3) is 3.00. The van der Waals surface area contributed by atoms with Crippen molar-refractivity contribution in [3.8, 4) is 6.07 Å². The molecule has 1 heterocycles. The quantitative estimate of drug-likeness (QED) is 0.924. The van der Waals surface area contributed by atoms with E-state index in [9.17, 15) is 0 Å². The largest absolute Gasteiger partial charge is 0.357 e. The molecule has 1 N–H and O–H groups in total. The predicted octanol–water partition coefficient (Wildman–Crippen LogP) is 3.84. The molecule has 0 saturated heterocycles. The predicted molar refractivity (Wildman–Crippen MR) is 75.0 cm³/mol. The molecule has 0 aliphatic rings. The van der Waals surface area contributed by atoms with Gasteiger partial charge in [-0.05, 0) is 17.5 Å². The topological polar surface area (TPSA) is 48.7 Å². The van der Waals surface area contributed by atoms with E-state index in [1.807, 2.05) is 6.07 Å². The van der Waals surface area contributed by atoms with Crippen LogP contribution in [0.1, 0.15) is 22.9 Å². The zero-order chi connectivity index (χ0) is 13.0. The number of hydrogen-bond donors (Lipinski definition) is 1.